The van der Waals surface area contributed by atoms with Crippen molar-refractivity contribution in [1.82, 2.24) is 14.8 Å². The first-order valence-electron chi connectivity index (χ1n) is 8.45. The summed E-state index contributed by atoms with van der Waals surface area (Å²) in [6.07, 6.45) is 1.61. The lowest BCUT2D eigenvalue weighted by atomic mass is 10.1. The van der Waals surface area contributed by atoms with Crippen molar-refractivity contribution in [2.24, 2.45) is 0 Å². The summed E-state index contributed by atoms with van der Waals surface area (Å²) in [7, 11) is 0. The molecule has 3 rings (SSSR count). The van der Waals surface area contributed by atoms with Gasteiger partial charge in [-0.2, -0.15) is 0 Å². The van der Waals surface area contributed by atoms with Crippen molar-refractivity contribution in [3.05, 3.63) is 47.7 Å². The summed E-state index contributed by atoms with van der Waals surface area (Å²) in [5.74, 6) is 1.53. The van der Waals surface area contributed by atoms with Gasteiger partial charge in [-0.3, -0.25) is 9.36 Å². The minimum absolute atomic E-state index is 0.0646. The number of thioether (sulfide) groups is 1. The molecule has 2 aromatic heterocycles. The SMILES string of the molecule is Cc1cccc(C)c1NC(=O)CSc1nnc(-c2ccco2)n1C(C)C. The van der Waals surface area contributed by atoms with Crippen molar-refractivity contribution in [3.63, 3.8) is 0 Å². The average Bonchev–Trinajstić information content (AvgIpc) is 3.25. The summed E-state index contributed by atoms with van der Waals surface area (Å²) >= 11 is 1.37. The van der Waals surface area contributed by atoms with Crippen molar-refractivity contribution in [3.8, 4) is 11.6 Å². The Morgan fingerprint density at radius 1 is 1.19 bits per heavy atom. The Bertz CT molecular complexity index is 880. The highest BCUT2D eigenvalue weighted by atomic mass is 32.2. The maximum absolute atomic E-state index is 12.4. The van der Waals surface area contributed by atoms with Gasteiger partial charge in [-0.15, -0.1) is 10.2 Å². The lowest BCUT2D eigenvalue weighted by Crippen LogP contribution is -2.16. The largest absolute Gasteiger partial charge is 0.461 e. The maximum Gasteiger partial charge on any atom is 0.234 e. The fourth-order valence-electron chi connectivity index (χ4n) is 2.73. The number of aryl methyl sites for hydroxylation is 2. The fraction of sp³-hybridized carbons (Fsp3) is 0.316. The Kier molecular flexibility index (Phi) is 5.46. The van der Waals surface area contributed by atoms with Gasteiger partial charge in [0.2, 0.25) is 11.7 Å². The van der Waals surface area contributed by atoms with Gasteiger partial charge in [-0.05, 0) is 51.0 Å². The van der Waals surface area contributed by atoms with Crippen LogP contribution in [0.15, 0.2) is 46.2 Å². The normalized spacial score (nSPS) is 11.1. The van der Waals surface area contributed by atoms with Gasteiger partial charge in [0.25, 0.3) is 0 Å². The van der Waals surface area contributed by atoms with Crippen LogP contribution < -0.4 is 5.32 Å². The van der Waals surface area contributed by atoms with E-state index < -0.39 is 0 Å². The second-order valence-electron chi connectivity index (χ2n) is 6.35. The Balaban J connectivity index is 1.73. The minimum atomic E-state index is -0.0646. The van der Waals surface area contributed by atoms with Crippen LogP contribution in [0.2, 0.25) is 0 Å². The summed E-state index contributed by atoms with van der Waals surface area (Å²) in [5, 5.41) is 12.2. The quantitative estimate of drug-likeness (QED) is 0.648. The Morgan fingerprint density at radius 2 is 1.92 bits per heavy atom. The predicted molar refractivity (Wildman–Crippen MR) is 103 cm³/mol. The van der Waals surface area contributed by atoms with Crippen LogP contribution in [0.4, 0.5) is 5.69 Å². The van der Waals surface area contributed by atoms with E-state index in [4.69, 9.17) is 4.42 Å². The number of nitrogens with zero attached hydrogens (tertiary/aromatic N) is 3. The molecule has 7 heteroatoms. The lowest BCUT2D eigenvalue weighted by molar-refractivity contribution is -0.113. The molecule has 136 valence electrons. The van der Waals surface area contributed by atoms with Gasteiger partial charge in [-0.1, -0.05) is 30.0 Å². The number of nitrogens with one attached hydrogen (secondary N) is 1. The molecule has 0 atom stereocenters. The van der Waals surface area contributed by atoms with Gasteiger partial charge >= 0.3 is 0 Å². The first kappa shape index (κ1) is 18.3. The number of hydrogen-bond acceptors (Lipinski definition) is 5. The van der Waals surface area contributed by atoms with Crippen LogP contribution in [0.3, 0.4) is 0 Å². The van der Waals surface area contributed by atoms with Gasteiger partial charge in [0.1, 0.15) is 0 Å². The molecule has 0 aliphatic heterocycles. The molecular weight excluding hydrogens is 348 g/mol. The Hall–Kier alpha value is -2.54. The molecule has 6 nitrogen and oxygen atoms in total. The molecule has 0 saturated carbocycles. The van der Waals surface area contributed by atoms with E-state index in [9.17, 15) is 4.79 Å². The summed E-state index contributed by atoms with van der Waals surface area (Å²) in [4.78, 5) is 12.4. The molecule has 0 bridgehead atoms. The smallest absolute Gasteiger partial charge is 0.234 e. The number of furan rings is 1. The third kappa shape index (κ3) is 3.83. The molecule has 1 amide bonds. The molecule has 0 unspecified atom stereocenters. The minimum Gasteiger partial charge on any atom is -0.461 e. The number of carbonyl (C=O) groups excluding carboxylic acids is 1. The number of benzene rings is 1. The van der Waals surface area contributed by atoms with E-state index in [1.165, 1.54) is 11.8 Å². The molecule has 1 aromatic carbocycles. The van der Waals surface area contributed by atoms with Crippen LogP contribution >= 0.6 is 11.8 Å². The molecule has 1 N–H and O–H groups in total. The van der Waals surface area contributed by atoms with E-state index in [1.54, 1.807) is 6.26 Å². The van der Waals surface area contributed by atoms with E-state index in [2.05, 4.69) is 29.4 Å². The summed E-state index contributed by atoms with van der Waals surface area (Å²) < 4.78 is 7.42. The molecule has 0 aliphatic carbocycles. The molecule has 0 fully saturated rings. The third-order valence-electron chi connectivity index (χ3n) is 4.00. The molecule has 0 saturated heterocycles. The standard InChI is InChI=1S/C19H22N4O2S/c1-12(2)23-18(15-9-6-10-25-15)21-22-19(23)26-11-16(24)20-17-13(3)7-5-8-14(17)4/h5-10,12H,11H2,1-4H3,(H,20,24). The van der Waals surface area contributed by atoms with Crippen molar-refractivity contribution in [2.75, 3.05) is 11.1 Å². The fourth-order valence-corrected chi connectivity index (χ4v) is 3.60. The van der Waals surface area contributed by atoms with E-state index in [1.807, 2.05) is 48.7 Å². The monoisotopic (exact) mass is 370 g/mol. The number of hydrogen-bond donors (Lipinski definition) is 1. The summed E-state index contributed by atoms with van der Waals surface area (Å²) in [5.41, 5.74) is 2.97. The highest BCUT2D eigenvalue weighted by molar-refractivity contribution is 7.99. The Morgan fingerprint density at radius 3 is 2.54 bits per heavy atom. The lowest BCUT2D eigenvalue weighted by Gasteiger charge is -2.13. The number of amides is 1. The van der Waals surface area contributed by atoms with Crippen LogP contribution in [0, 0.1) is 13.8 Å². The molecule has 2 heterocycles. The number of anilines is 1. The summed E-state index contributed by atoms with van der Waals surface area (Å²) in [6.45, 7) is 8.08. The van der Waals surface area contributed by atoms with Gasteiger partial charge in [0, 0.05) is 11.7 Å². The molecule has 0 radical (unpaired) electrons. The van der Waals surface area contributed by atoms with E-state index in [0.717, 1.165) is 16.8 Å². The van der Waals surface area contributed by atoms with E-state index >= 15 is 0 Å². The maximum atomic E-state index is 12.4. The van der Waals surface area contributed by atoms with Crippen molar-refractivity contribution in [2.45, 2.75) is 38.9 Å². The van der Waals surface area contributed by atoms with E-state index in [0.29, 0.717) is 16.7 Å². The molecule has 26 heavy (non-hydrogen) atoms. The van der Waals surface area contributed by atoms with Crippen molar-refractivity contribution < 1.29 is 9.21 Å². The number of para-hydroxylation sites is 1. The zero-order valence-corrected chi connectivity index (χ0v) is 16.1. The van der Waals surface area contributed by atoms with Crippen molar-refractivity contribution >= 4 is 23.4 Å². The average molecular weight is 370 g/mol. The number of rotatable bonds is 6. The van der Waals surface area contributed by atoms with Crippen LogP contribution in [0.25, 0.3) is 11.6 Å². The molecular formula is C19H22N4O2S. The topological polar surface area (TPSA) is 73.0 Å². The molecule has 0 spiro atoms. The second-order valence-corrected chi connectivity index (χ2v) is 7.29. The van der Waals surface area contributed by atoms with Gasteiger partial charge < -0.3 is 9.73 Å². The zero-order valence-electron chi connectivity index (χ0n) is 15.3. The van der Waals surface area contributed by atoms with Crippen LogP contribution in [0.5, 0.6) is 0 Å². The number of aromatic nitrogens is 3. The predicted octanol–water partition coefficient (Wildman–Crippen LogP) is 4.47. The van der Waals surface area contributed by atoms with Crippen molar-refractivity contribution in [1.29, 1.82) is 0 Å². The van der Waals surface area contributed by atoms with Gasteiger partial charge in [0.05, 0.1) is 12.0 Å². The zero-order chi connectivity index (χ0) is 18.7. The Labute approximate surface area is 157 Å². The van der Waals surface area contributed by atoms with Gasteiger partial charge in [-0.25, -0.2) is 0 Å². The summed E-state index contributed by atoms with van der Waals surface area (Å²) in [6, 6.07) is 9.77. The van der Waals surface area contributed by atoms with Crippen LogP contribution in [-0.2, 0) is 4.79 Å². The molecule has 3 aromatic rings. The molecule has 0 aliphatic rings. The van der Waals surface area contributed by atoms with Crippen LogP contribution in [-0.4, -0.2) is 26.4 Å². The second kappa shape index (κ2) is 7.78. The third-order valence-corrected chi connectivity index (χ3v) is 4.94. The first-order valence-corrected chi connectivity index (χ1v) is 9.43. The van der Waals surface area contributed by atoms with Crippen LogP contribution in [0.1, 0.15) is 31.0 Å². The van der Waals surface area contributed by atoms with Gasteiger partial charge in [0.15, 0.2) is 10.9 Å². The number of carbonyl (C=O) groups is 1. The van der Waals surface area contributed by atoms with E-state index in [-0.39, 0.29) is 17.7 Å². The highest BCUT2D eigenvalue weighted by Crippen LogP contribution is 2.28. The first-order chi connectivity index (χ1) is 12.5. The highest BCUT2D eigenvalue weighted by Gasteiger charge is 2.19.